The van der Waals surface area contributed by atoms with Crippen molar-refractivity contribution in [3.05, 3.63) is 0 Å². The Morgan fingerprint density at radius 1 is 1.43 bits per heavy atom. The fourth-order valence-corrected chi connectivity index (χ4v) is 1.44. The molecule has 0 aromatic rings. The summed E-state index contributed by atoms with van der Waals surface area (Å²) in [5.41, 5.74) is 0. The lowest BCUT2D eigenvalue weighted by atomic mass is 9.99. The van der Waals surface area contributed by atoms with E-state index in [0.29, 0.717) is 12.5 Å². The predicted octanol–water partition coefficient (Wildman–Crippen LogP) is 2.27. The van der Waals surface area contributed by atoms with Crippen LogP contribution in [-0.2, 0) is 4.79 Å². The number of carboxylic acid groups (broad SMARTS) is 1. The fraction of sp³-hybridized carbons (Fsp3) is 0.909. The second kappa shape index (κ2) is 9.00. The molecule has 1 unspecified atom stereocenters. The fourth-order valence-electron chi connectivity index (χ4n) is 1.44. The zero-order valence-corrected chi connectivity index (χ0v) is 9.38. The van der Waals surface area contributed by atoms with Crippen LogP contribution in [0.3, 0.4) is 0 Å². The van der Waals surface area contributed by atoms with Gasteiger partial charge in [-0.05, 0) is 18.9 Å². The molecule has 1 atom stereocenters. The third kappa shape index (κ3) is 8.05. The SMILES string of the molecule is CCCCC(CC)CNCCC(=O)O. The van der Waals surface area contributed by atoms with Crippen molar-refractivity contribution in [2.24, 2.45) is 5.92 Å². The first-order chi connectivity index (χ1) is 6.70. The van der Waals surface area contributed by atoms with Gasteiger partial charge in [-0.2, -0.15) is 0 Å². The number of rotatable bonds is 9. The largest absolute Gasteiger partial charge is 0.481 e. The van der Waals surface area contributed by atoms with Crippen molar-refractivity contribution >= 4 is 5.97 Å². The number of carbonyl (C=O) groups is 1. The van der Waals surface area contributed by atoms with Crippen LogP contribution < -0.4 is 5.32 Å². The summed E-state index contributed by atoms with van der Waals surface area (Å²) in [6.45, 7) is 5.95. The number of aliphatic carboxylic acids is 1. The molecular formula is C11H23NO2. The van der Waals surface area contributed by atoms with Crippen molar-refractivity contribution in [3.8, 4) is 0 Å². The number of carboxylic acids is 1. The van der Waals surface area contributed by atoms with Crippen molar-refractivity contribution in [1.29, 1.82) is 0 Å². The molecule has 0 fully saturated rings. The van der Waals surface area contributed by atoms with Crippen molar-refractivity contribution < 1.29 is 9.90 Å². The van der Waals surface area contributed by atoms with E-state index in [0.717, 1.165) is 6.54 Å². The molecule has 0 saturated heterocycles. The van der Waals surface area contributed by atoms with E-state index >= 15 is 0 Å². The molecule has 0 aliphatic carbocycles. The van der Waals surface area contributed by atoms with Gasteiger partial charge in [-0.3, -0.25) is 4.79 Å². The Labute approximate surface area is 86.9 Å². The molecule has 0 aromatic heterocycles. The first-order valence-electron chi connectivity index (χ1n) is 5.63. The zero-order chi connectivity index (χ0) is 10.8. The quantitative estimate of drug-likeness (QED) is 0.563. The highest BCUT2D eigenvalue weighted by molar-refractivity contribution is 5.66. The molecule has 0 bridgehead atoms. The molecule has 3 heteroatoms. The summed E-state index contributed by atoms with van der Waals surface area (Å²) in [6.07, 6.45) is 5.18. The second-order valence-electron chi connectivity index (χ2n) is 3.76. The second-order valence-corrected chi connectivity index (χ2v) is 3.76. The van der Waals surface area contributed by atoms with Crippen LogP contribution in [0.15, 0.2) is 0 Å². The van der Waals surface area contributed by atoms with E-state index in [9.17, 15) is 4.79 Å². The maximum absolute atomic E-state index is 10.2. The average Bonchev–Trinajstić information content (AvgIpc) is 2.16. The lowest BCUT2D eigenvalue weighted by Gasteiger charge is -2.14. The molecule has 0 aliphatic heterocycles. The summed E-state index contributed by atoms with van der Waals surface area (Å²) in [7, 11) is 0. The highest BCUT2D eigenvalue weighted by Gasteiger charge is 2.05. The molecule has 0 rings (SSSR count). The highest BCUT2D eigenvalue weighted by Crippen LogP contribution is 2.10. The van der Waals surface area contributed by atoms with Gasteiger partial charge in [0.05, 0.1) is 6.42 Å². The van der Waals surface area contributed by atoms with Crippen LogP contribution in [0.25, 0.3) is 0 Å². The van der Waals surface area contributed by atoms with E-state index < -0.39 is 5.97 Å². The monoisotopic (exact) mass is 201 g/mol. The van der Waals surface area contributed by atoms with Gasteiger partial charge in [0.15, 0.2) is 0 Å². The van der Waals surface area contributed by atoms with Crippen LogP contribution in [0.2, 0.25) is 0 Å². The minimum atomic E-state index is -0.723. The van der Waals surface area contributed by atoms with Gasteiger partial charge in [-0.15, -0.1) is 0 Å². The molecular weight excluding hydrogens is 178 g/mol. The number of hydrogen-bond donors (Lipinski definition) is 2. The molecule has 3 nitrogen and oxygen atoms in total. The van der Waals surface area contributed by atoms with E-state index in [1.54, 1.807) is 0 Å². The first kappa shape index (κ1) is 13.4. The molecule has 0 amide bonds. The maximum Gasteiger partial charge on any atom is 0.304 e. The first-order valence-corrected chi connectivity index (χ1v) is 5.63. The highest BCUT2D eigenvalue weighted by atomic mass is 16.4. The van der Waals surface area contributed by atoms with E-state index in [-0.39, 0.29) is 6.42 Å². The molecule has 14 heavy (non-hydrogen) atoms. The maximum atomic E-state index is 10.2. The summed E-state index contributed by atoms with van der Waals surface area (Å²) in [5, 5.41) is 11.6. The molecule has 84 valence electrons. The Balaban J connectivity index is 3.37. The molecule has 2 N–H and O–H groups in total. The van der Waals surface area contributed by atoms with Gasteiger partial charge in [0.25, 0.3) is 0 Å². The summed E-state index contributed by atoms with van der Waals surface area (Å²) in [5.74, 6) is -0.0112. The Kier molecular flexibility index (Phi) is 8.64. The van der Waals surface area contributed by atoms with Crippen LogP contribution in [0.5, 0.6) is 0 Å². The van der Waals surface area contributed by atoms with Gasteiger partial charge in [0.1, 0.15) is 0 Å². The van der Waals surface area contributed by atoms with Gasteiger partial charge in [-0.1, -0.05) is 33.1 Å². The van der Waals surface area contributed by atoms with Crippen LogP contribution in [0.1, 0.15) is 46.0 Å². The molecule has 0 radical (unpaired) electrons. The standard InChI is InChI=1S/C11H23NO2/c1-3-5-6-10(4-2)9-12-8-7-11(13)14/h10,12H,3-9H2,1-2H3,(H,13,14). The van der Waals surface area contributed by atoms with Gasteiger partial charge in [0, 0.05) is 6.54 Å². The van der Waals surface area contributed by atoms with Crippen LogP contribution in [0.4, 0.5) is 0 Å². The average molecular weight is 201 g/mol. The van der Waals surface area contributed by atoms with Crippen molar-refractivity contribution in [2.45, 2.75) is 46.0 Å². The summed E-state index contributed by atoms with van der Waals surface area (Å²) in [4.78, 5) is 10.2. The smallest absolute Gasteiger partial charge is 0.304 e. The minimum Gasteiger partial charge on any atom is -0.481 e. The van der Waals surface area contributed by atoms with E-state index in [1.807, 2.05) is 0 Å². The predicted molar refractivity (Wildman–Crippen MR) is 58.4 cm³/mol. The van der Waals surface area contributed by atoms with Crippen LogP contribution >= 0.6 is 0 Å². The van der Waals surface area contributed by atoms with Crippen LogP contribution in [0, 0.1) is 5.92 Å². The Morgan fingerprint density at radius 2 is 2.14 bits per heavy atom. The van der Waals surface area contributed by atoms with Gasteiger partial charge in [0.2, 0.25) is 0 Å². The molecule has 0 aromatic carbocycles. The van der Waals surface area contributed by atoms with Crippen molar-refractivity contribution in [1.82, 2.24) is 5.32 Å². The number of nitrogens with one attached hydrogen (secondary N) is 1. The number of unbranched alkanes of at least 4 members (excludes halogenated alkanes) is 1. The molecule has 0 aliphatic rings. The van der Waals surface area contributed by atoms with Crippen molar-refractivity contribution in [3.63, 3.8) is 0 Å². The summed E-state index contributed by atoms with van der Waals surface area (Å²) in [6, 6.07) is 0. The third-order valence-corrected chi connectivity index (χ3v) is 2.49. The summed E-state index contributed by atoms with van der Waals surface area (Å²) >= 11 is 0. The third-order valence-electron chi connectivity index (χ3n) is 2.49. The molecule has 0 spiro atoms. The lowest BCUT2D eigenvalue weighted by Crippen LogP contribution is -2.25. The Hall–Kier alpha value is -0.570. The normalized spacial score (nSPS) is 12.7. The van der Waals surface area contributed by atoms with Gasteiger partial charge >= 0.3 is 5.97 Å². The van der Waals surface area contributed by atoms with Crippen molar-refractivity contribution in [2.75, 3.05) is 13.1 Å². The lowest BCUT2D eigenvalue weighted by molar-refractivity contribution is -0.136. The molecule has 0 heterocycles. The van der Waals surface area contributed by atoms with Crippen LogP contribution in [-0.4, -0.2) is 24.2 Å². The zero-order valence-electron chi connectivity index (χ0n) is 9.38. The number of hydrogen-bond acceptors (Lipinski definition) is 2. The Morgan fingerprint density at radius 3 is 2.64 bits per heavy atom. The van der Waals surface area contributed by atoms with E-state index in [1.165, 1.54) is 25.7 Å². The van der Waals surface area contributed by atoms with Gasteiger partial charge < -0.3 is 10.4 Å². The molecule has 0 saturated carbocycles. The Bertz CT molecular complexity index is 148. The van der Waals surface area contributed by atoms with E-state index in [2.05, 4.69) is 19.2 Å². The van der Waals surface area contributed by atoms with E-state index in [4.69, 9.17) is 5.11 Å². The summed E-state index contributed by atoms with van der Waals surface area (Å²) < 4.78 is 0. The minimum absolute atomic E-state index is 0.226. The van der Waals surface area contributed by atoms with Gasteiger partial charge in [-0.25, -0.2) is 0 Å². The topological polar surface area (TPSA) is 49.3 Å².